The van der Waals surface area contributed by atoms with Gasteiger partial charge in [-0.2, -0.15) is 0 Å². The number of nitrogens with zero attached hydrogens (tertiary/aromatic N) is 3. The van der Waals surface area contributed by atoms with Crippen LogP contribution in [0.4, 0.5) is 13.2 Å². The van der Waals surface area contributed by atoms with Crippen LogP contribution < -0.4 is 10.1 Å². The fraction of sp³-hybridized carbons (Fsp3) is 0.296. The minimum atomic E-state index is -2.71. The van der Waals surface area contributed by atoms with Crippen LogP contribution in [0.25, 0.3) is 10.9 Å². The number of aromatic nitrogens is 2. The normalized spacial score (nSPS) is 15.7. The first kappa shape index (κ1) is 25.2. The van der Waals surface area contributed by atoms with Crippen LogP contribution in [0.2, 0.25) is 0 Å². The first-order valence-corrected chi connectivity index (χ1v) is 12.9. The van der Waals surface area contributed by atoms with Gasteiger partial charge in [-0.3, -0.25) is 14.7 Å². The lowest BCUT2D eigenvalue weighted by Crippen LogP contribution is -2.44. The maximum atomic E-state index is 13.7. The molecule has 0 spiro atoms. The van der Waals surface area contributed by atoms with Gasteiger partial charge in [-0.25, -0.2) is 18.2 Å². The maximum absolute atomic E-state index is 13.7. The molecule has 6 nitrogen and oxygen atoms in total. The fourth-order valence-corrected chi connectivity index (χ4v) is 5.62. The molecule has 1 aliphatic rings. The van der Waals surface area contributed by atoms with Gasteiger partial charge < -0.3 is 10.1 Å². The minimum Gasteiger partial charge on any atom is -0.490 e. The lowest BCUT2D eigenvalue weighted by atomic mass is 10.0. The molecule has 1 unspecified atom stereocenters. The Morgan fingerprint density at radius 2 is 1.92 bits per heavy atom. The Hall–Kier alpha value is -3.50. The van der Waals surface area contributed by atoms with Gasteiger partial charge in [0.2, 0.25) is 0 Å². The Kier molecular flexibility index (Phi) is 7.66. The van der Waals surface area contributed by atoms with Crippen molar-refractivity contribution in [3.63, 3.8) is 0 Å². The molecule has 2 aromatic heterocycles. The van der Waals surface area contributed by atoms with E-state index in [0.717, 1.165) is 5.39 Å². The van der Waals surface area contributed by atoms with E-state index in [-0.39, 0.29) is 30.1 Å². The molecule has 1 aliphatic heterocycles. The zero-order valence-corrected chi connectivity index (χ0v) is 20.6. The van der Waals surface area contributed by atoms with E-state index in [4.69, 9.17) is 4.74 Å². The third-order valence-electron chi connectivity index (χ3n) is 6.50. The quantitative estimate of drug-likeness (QED) is 0.315. The standard InChI is InChI=1S/C27H25F3N4O2S/c28-17-4-1-5-19(14-17)36-18-9-12-34(13-10-18)23(25-24(26(29)30)33-16-37-25)15-32-27(35)21-6-2-8-22-20(21)7-3-11-31-22/h1-8,11,14,16,18,23,26H,9-10,12-13,15H2,(H,32,35). The average molecular weight is 527 g/mol. The molecule has 1 saturated heterocycles. The van der Waals surface area contributed by atoms with Gasteiger partial charge in [-0.05, 0) is 43.2 Å². The van der Waals surface area contributed by atoms with Crippen LogP contribution in [0.15, 0.2) is 66.3 Å². The SMILES string of the molecule is O=C(NCC(c1scnc1C(F)F)N1CCC(Oc2cccc(F)c2)CC1)c1cccc2ncccc12. The molecule has 10 heteroatoms. The van der Waals surface area contributed by atoms with Gasteiger partial charge in [0.15, 0.2) is 0 Å². The molecule has 0 saturated carbocycles. The van der Waals surface area contributed by atoms with E-state index in [1.165, 1.54) is 29.0 Å². The summed E-state index contributed by atoms with van der Waals surface area (Å²) in [7, 11) is 0. The molecular weight excluding hydrogens is 501 g/mol. The molecule has 1 fully saturated rings. The van der Waals surface area contributed by atoms with E-state index in [1.54, 1.807) is 36.5 Å². The second kappa shape index (κ2) is 11.3. The van der Waals surface area contributed by atoms with Crippen molar-refractivity contribution in [1.29, 1.82) is 0 Å². The number of benzene rings is 2. The molecule has 1 atom stereocenters. The lowest BCUT2D eigenvalue weighted by molar-refractivity contribution is 0.0702. The van der Waals surface area contributed by atoms with Crippen LogP contribution in [-0.4, -0.2) is 46.5 Å². The number of alkyl halides is 2. The maximum Gasteiger partial charge on any atom is 0.281 e. The van der Waals surface area contributed by atoms with Gasteiger partial charge >= 0.3 is 0 Å². The van der Waals surface area contributed by atoms with Gasteiger partial charge in [0.25, 0.3) is 12.3 Å². The van der Waals surface area contributed by atoms with Crippen LogP contribution in [0.5, 0.6) is 5.75 Å². The van der Waals surface area contributed by atoms with Crippen LogP contribution in [-0.2, 0) is 0 Å². The lowest BCUT2D eigenvalue weighted by Gasteiger charge is -2.37. The van der Waals surface area contributed by atoms with E-state index < -0.39 is 12.5 Å². The number of piperidine rings is 1. The molecule has 3 heterocycles. The molecular formula is C27H25F3N4O2S. The first-order valence-electron chi connectivity index (χ1n) is 12.0. The number of carbonyl (C=O) groups excluding carboxylic acids is 1. The molecule has 0 aliphatic carbocycles. The molecule has 0 radical (unpaired) electrons. The smallest absolute Gasteiger partial charge is 0.281 e. The third-order valence-corrected chi connectivity index (χ3v) is 7.44. The molecule has 192 valence electrons. The molecule has 0 bridgehead atoms. The summed E-state index contributed by atoms with van der Waals surface area (Å²) < 4.78 is 46.9. The zero-order chi connectivity index (χ0) is 25.8. The Bertz CT molecular complexity index is 1370. The van der Waals surface area contributed by atoms with Crippen molar-refractivity contribution in [2.24, 2.45) is 0 Å². The molecule has 1 amide bonds. The highest BCUT2D eigenvalue weighted by molar-refractivity contribution is 7.09. The van der Waals surface area contributed by atoms with Crippen molar-refractivity contribution in [3.8, 4) is 5.75 Å². The molecule has 37 heavy (non-hydrogen) atoms. The predicted octanol–water partition coefficient (Wildman–Crippen LogP) is 5.78. The van der Waals surface area contributed by atoms with E-state index in [0.29, 0.717) is 47.6 Å². The van der Waals surface area contributed by atoms with E-state index in [2.05, 4.69) is 20.2 Å². The second-order valence-electron chi connectivity index (χ2n) is 8.81. The van der Waals surface area contributed by atoms with Crippen molar-refractivity contribution in [3.05, 3.63) is 88.3 Å². The van der Waals surface area contributed by atoms with Crippen molar-refractivity contribution < 1.29 is 22.7 Å². The van der Waals surface area contributed by atoms with Gasteiger partial charge in [0, 0.05) is 42.8 Å². The summed E-state index contributed by atoms with van der Waals surface area (Å²) in [6, 6.07) is 14.5. The van der Waals surface area contributed by atoms with Crippen molar-refractivity contribution >= 4 is 28.1 Å². The van der Waals surface area contributed by atoms with Gasteiger partial charge in [0.05, 0.1) is 21.9 Å². The number of halogens is 3. The number of nitrogens with one attached hydrogen (secondary N) is 1. The number of hydrogen-bond acceptors (Lipinski definition) is 6. The van der Waals surface area contributed by atoms with E-state index in [1.807, 2.05) is 12.1 Å². The summed E-state index contributed by atoms with van der Waals surface area (Å²) in [6.45, 7) is 1.28. The van der Waals surface area contributed by atoms with Crippen LogP contribution in [0, 0.1) is 5.82 Å². The molecule has 1 N–H and O–H groups in total. The number of thiazole rings is 1. The third kappa shape index (κ3) is 5.75. The minimum absolute atomic E-state index is 0.118. The number of carbonyl (C=O) groups is 1. The summed E-state index contributed by atoms with van der Waals surface area (Å²) in [4.78, 5) is 23.9. The predicted molar refractivity (Wildman–Crippen MR) is 136 cm³/mol. The summed E-state index contributed by atoms with van der Waals surface area (Å²) >= 11 is 1.17. The number of fused-ring (bicyclic) bond motifs is 1. The highest BCUT2D eigenvalue weighted by Crippen LogP contribution is 2.35. The summed E-state index contributed by atoms with van der Waals surface area (Å²) in [5.74, 6) is -0.192. The number of pyridine rings is 1. The van der Waals surface area contributed by atoms with Gasteiger partial charge in [0.1, 0.15) is 23.4 Å². The van der Waals surface area contributed by atoms with Gasteiger partial charge in [-0.1, -0.05) is 18.2 Å². The molecule has 4 aromatic rings. The zero-order valence-electron chi connectivity index (χ0n) is 19.8. The Labute approximate surface area is 216 Å². The molecule has 5 rings (SSSR count). The topological polar surface area (TPSA) is 67.4 Å². The monoisotopic (exact) mass is 526 g/mol. The van der Waals surface area contributed by atoms with Crippen LogP contribution in [0.1, 0.15) is 46.2 Å². The van der Waals surface area contributed by atoms with Crippen LogP contribution >= 0.6 is 11.3 Å². The summed E-state index contributed by atoms with van der Waals surface area (Å²) in [5, 5.41) is 3.68. The Morgan fingerprint density at radius 3 is 2.70 bits per heavy atom. The number of amides is 1. The highest BCUT2D eigenvalue weighted by atomic mass is 32.1. The summed E-state index contributed by atoms with van der Waals surface area (Å²) in [5.41, 5.74) is 2.35. The number of rotatable bonds is 8. The Morgan fingerprint density at radius 1 is 1.11 bits per heavy atom. The average Bonchev–Trinajstić information content (AvgIpc) is 3.39. The van der Waals surface area contributed by atoms with Gasteiger partial charge in [-0.15, -0.1) is 11.3 Å². The van der Waals surface area contributed by atoms with Crippen molar-refractivity contribution in [2.45, 2.75) is 31.4 Å². The second-order valence-corrected chi connectivity index (χ2v) is 9.70. The summed E-state index contributed by atoms with van der Waals surface area (Å²) in [6.07, 6.45) is 0.111. The van der Waals surface area contributed by atoms with Crippen molar-refractivity contribution in [2.75, 3.05) is 19.6 Å². The number of likely N-dealkylation sites (tertiary alicyclic amines) is 1. The van der Waals surface area contributed by atoms with Crippen molar-refractivity contribution in [1.82, 2.24) is 20.2 Å². The molecule has 2 aromatic carbocycles. The highest BCUT2D eigenvalue weighted by Gasteiger charge is 2.32. The number of ether oxygens (including phenoxy) is 1. The largest absolute Gasteiger partial charge is 0.490 e. The van der Waals surface area contributed by atoms with E-state index in [9.17, 15) is 18.0 Å². The number of hydrogen-bond donors (Lipinski definition) is 1. The first-order chi connectivity index (χ1) is 18.0. The fourth-order valence-electron chi connectivity index (χ4n) is 4.69. The Balaban J connectivity index is 1.31. The van der Waals surface area contributed by atoms with Crippen LogP contribution in [0.3, 0.4) is 0 Å². The van der Waals surface area contributed by atoms with E-state index >= 15 is 0 Å².